The zero-order chi connectivity index (χ0) is 21.5. The fourth-order valence-corrected chi connectivity index (χ4v) is 3.94. The van der Waals surface area contributed by atoms with E-state index >= 15 is 0 Å². The number of hydrogen-bond acceptors (Lipinski definition) is 4. The number of esters is 1. The molecule has 0 spiro atoms. The molecule has 0 heterocycles. The molecule has 30 heavy (non-hydrogen) atoms. The lowest BCUT2D eigenvalue weighted by Crippen LogP contribution is -2.21. The normalized spacial score (nSPS) is 14.4. The van der Waals surface area contributed by atoms with E-state index in [0.717, 1.165) is 30.2 Å². The molecule has 2 aromatic rings. The standard InChI is InChI=1S/C24H28BrNO4/c1-16(2)18-10-13-22(21(25)14-18)29-15-23(27)26-19-11-8-17(9-12-19)24(28)30-20-6-4-3-5-7-20/h8-14,16,20H,3-7,15H2,1-2H3,(H,26,27). The molecule has 1 amide bonds. The summed E-state index contributed by atoms with van der Waals surface area (Å²) in [4.78, 5) is 24.5. The third kappa shape index (κ3) is 6.33. The summed E-state index contributed by atoms with van der Waals surface area (Å²) < 4.78 is 12.0. The Labute approximate surface area is 186 Å². The van der Waals surface area contributed by atoms with Gasteiger partial charge in [0.05, 0.1) is 10.0 Å². The maximum absolute atomic E-state index is 12.3. The maximum Gasteiger partial charge on any atom is 0.338 e. The average molecular weight is 474 g/mol. The summed E-state index contributed by atoms with van der Waals surface area (Å²) in [6.07, 6.45) is 5.35. The molecule has 0 aromatic heterocycles. The molecule has 0 unspecified atom stereocenters. The van der Waals surface area contributed by atoms with Gasteiger partial charge in [-0.1, -0.05) is 26.3 Å². The zero-order valence-corrected chi connectivity index (χ0v) is 19.0. The predicted octanol–water partition coefficient (Wildman–Crippen LogP) is 6.08. The van der Waals surface area contributed by atoms with Crippen LogP contribution in [0.15, 0.2) is 46.9 Å². The Balaban J connectivity index is 1.49. The van der Waals surface area contributed by atoms with Gasteiger partial charge in [0.1, 0.15) is 11.9 Å². The van der Waals surface area contributed by atoms with Gasteiger partial charge in [-0.25, -0.2) is 4.79 Å². The Morgan fingerprint density at radius 2 is 1.77 bits per heavy atom. The minimum atomic E-state index is -0.308. The number of anilines is 1. The highest BCUT2D eigenvalue weighted by Crippen LogP contribution is 2.29. The van der Waals surface area contributed by atoms with Crippen molar-refractivity contribution in [2.45, 2.75) is 58.0 Å². The van der Waals surface area contributed by atoms with Crippen LogP contribution in [0.25, 0.3) is 0 Å². The van der Waals surface area contributed by atoms with E-state index in [9.17, 15) is 9.59 Å². The Kier molecular flexibility index (Phi) is 7.91. The number of hydrogen-bond donors (Lipinski definition) is 1. The molecule has 0 aliphatic heterocycles. The number of carbonyl (C=O) groups is 2. The van der Waals surface area contributed by atoms with Crippen molar-refractivity contribution in [3.63, 3.8) is 0 Å². The summed E-state index contributed by atoms with van der Waals surface area (Å²) in [6, 6.07) is 12.6. The number of benzene rings is 2. The van der Waals surface area contributed by atoms with Gasteiger partial charge in [-0.2, -0.15) is 0 Å². The average Bonchev–Trinajstić information content (AvgIpc) is 2.74. The molecule has 1 fully saturated rings. The van der Waals surface area contributed by atoms with Crippen molar-refractivity contribution < 1.29 is 19.1 Å². The molecule has 0 radical (unpaired) electrons. The van der Waals surface area contributed by atoms with Gasteiger partial charge in [0, 0.05) is 5.69 Å². The summed E-state index contributed by atoms with van der Waals surface area (Å²) in [5.74, 6) is 0.460. The number of amides is 1. The van der Waals surface area contributed by atoms with Gasteiger partial charge in [0.2, 0.25) is 0 Å². The number of rotatable bonds is 7. The number of nitrogens with one attached hydrogen (secondary N) is 1. The van der Waals surface area contributed by atoms with Crippen molar-refractivity contribution in [1.29, 1.82) is 0 Å². The van der Waals surface area contributed by atoms with Crippen LogP contribution in [0.5, 0.6) is 5.75 Å². The summed E-state index contributed by atoms with van der Waals surface area (Å²) in [5, 5.41) is 2.78. The number of ether oxygens (including phenoxy) is 2. The van der Waals surface area contributed by atoms with E-state index < -0.39 is 0 Å². The van der Waals surface area contributed by atoms with Crippen molar-refractivity contribution in [3.8, 4) is 5.75 Å². The largest absolute Gasteiger partial charge is 0.483 e. The van der Waals surface area contributed by atoms with Crippen molar-refractivity contribution in [1.82, 2.24) is 0 Å². The van der Waals surface area contributed by atoms with E-state index in [1.165, 1.54) is 12.0 Å². The van der Waals surface area contributed by atoms with Crippen molar-refractivity contribution >= 4 is 33.5 Å². The van der Waals surface area contributed by atoms with Crippen LogP contribution in [0, 0.1) is 0 Å². The molecule has 0 bridgehead atoms. The first-order chi connectivity index (χ1) is 14.4. The van der Waals surface area contributed by atoms with E-state index in [1.54, 1.807) is 24.3 Å². The number of carbonyl (C=O) groups excluding carboxylic acids is 2. The van der Waals surface area contributed by atoms with Crippen LogP contribution in [0.4, 0.5) is 5.69 Å². The van der Waals surface area contributed by atoms with E-state index in [2.05, 4.69) is 35.1 Å². The molecule has 5 nitrogen and oxygen atoms in total. The molecular formula is C24H28BrNO4. The van der Waals surface area contributed by atoms with Crippen LogP contribution >= 0.6 is 15.9 Å². The van der Waals surface area contributed by atoms with Crippen LogP contribution in [-0.2, 0) is 9.53 Å². The smallest absolute Gasteiger partial charge is 0.338 e. The predicted molar refractivity (Wildman–Crippen MR) is 121 cm³/mol. The van der Waals surface area contributed by atoms with E-state index in [0.29, 0.717) is 22.9 Å². The minimum Gasteiger partial charge on any atom is -0.483 e. The molecule has 3 rings (SSSR count). The molecule has 1 N–H and O–H groups in total. The van der Waals surface area contributed by atoms with Gasteiger partial charge < -0.3 is 14.8 Å². The zero-order valence-electron chi connectivity index (χ0n) is 17.4. The first-order valence-electron chi connectivity index (χ1n) is 10.5. The Bertz CT molecular complexity index is 873. The van der Waals surface area contributed by atoms with E-state index in [-0.39, 0.29) is 24.6 Å². The third-order valence-corrected chi connectivity index (χ3v) is 5.83. The summed E-state index contributed by atoms with van der Waals surface area (Å²) >= 11 is 3.49. The highest BCUT2D eigenvalue weighted by Gasteiger charge is 2.18. The van der Waals surface area contributed by atoms with Gasteiger partial charge in [-0.3, -0.25) is 4.79 Å². The Hall–Kier alpha value is -2.34. The Morgan fingerprint density at radius 3 is 2.40 bits per heavy atom. The molecule has 1 saturated carbocycles. The molecule has 0 saturated heterocycles. The molecule has 1 aliphatic rings. The topological polar surface area (TPSA) is 64.6 Å². The van der Waals surface area contributed by atoms with Crippen molar-refractivity contribution in [3.05, 3.63) is 58.1 Å². The van der Waals surface area contributed by atoms with Gasteiger partial charge in [0.25, 0.3) is 5.91 Å². The highest BCUT2D eigenvalue weighted by molar-refractivity contribution is 9.10. The molecule has 6 heteroatoms. The fraction of sp³-hybridized carbons (Fsp3) is 0.417. The summed E-state index contributed by atoms with van der Waals surface area (Å²) in [5.41, 5.74) is 2.29. The second kappa shape index (κ2) is 10.6. The van der Waals surface area contributed by atoms with Crippen LogP contribution in [-0.4, -0.2) is 24.6 Å². The van der Waals surface area contributed by atoms with Crippen LogP contribution in [0.1, 0.15) is 67.8 Å². The quantitative estimate of drug-likeness (QED) is 0.494. The molecular weight excluding hydrogens is 446 g/mol. The third-order valence-electron chi connectivity index (χ3n) is 5.21. The van der Waals surface area contributed by atoms with Crippen molar-refractivity contribution in [2.75, 3.05) is 11.9 Å². The lowest BCUT2D eigenvalue weighted by molar-refractivity contribution is -0.118. The monoisotopic (exact) mass is 473 g/mol. The van der Waals surface area contributed by atoms with E-state index in [1.807, 2.05) is 18.2 Å². The highest BCUT2D eigenvalue weighted by atomic mass is 79.9. The van der Waals surface area contributed by atoms with Crippen LogP contribution in [0.3, 0.4) is 0 Å². The second-order valence-corrected chi connectivity index (χ2v) is 8.78. The molecule has 160 valence electrons. The molecule has 0 atom stereocenters. The van der Waals surface area contributed by atoms with Crippen LogP contribution in [0.2, 0.25) is 0 Å². The van der Waals surface area contributed by atoms with Crippen molar-refractivity contribution in [2.24, 2.45) is 0 Å². The SMILES string of the molecule is CC(C)c1ccc(OCC(=O)Nc2ccc(C(=O)OC3CCCCC3)cc2)c(Br)c1. The number of halogens is 1. The van der Waals surface area contributed by atoms with Gasteiger partial charge in [0.15, 0.2) is 6.61 Å². The lowest BCUT2D eigenvalue weighted by atomic mass is 9.98. The second-order valence-electron chi connectivity index (χ2n) is 7.92. The fourth-order valence-electron chi connectivity index (χ4n) is 3.43. The summed E-state index contributed by atoms with van der Waals surface area (Å²) in [7, 11) is 0. The lowest BCUT2D eigenvalue weighted by Gasteiger charge is -2.21. The van der Waals surface area contributed by atoms with Crippen LogP contribution < -0.4 is 10.1 Å². The molecule has 1 aliphatic carbocycles. The maximum atomic E-state index is 12.3. The summed E-state index contributed by atoms with van der Waals surface area (Å²) in [6.45, 7) is 4.14. The van der Waals surface area contributed by atoms with Gasteiger partial charge in [-0.15, -0.1) is 0 Å². The Morgan fingerprint density at radius 1 is 1.07 bits per heavy atom. The van der Waals surface area contributed by atoms with Gasteiger partial charge in [-0.05, 0) is 89.5 Å². The first-order valence-corrected chi connectivity index (χ1v) is 11.2. The van der Waals surface area contributed by atoms with E-state index in [4.69, 9.17) is 9.47 Å². The minimum absolute atomic E-state index is 0.0247. The molecule has 2 aromatic carbocycles. The van der Waals surface area contributed by atoms with Gasteiger partial charge >= 0.3 is 5.97 Å². The first kappa shape index (κ1) is 22.3.